The number of nitrogens with one attached hydrogen (secondary N) is 2. The lowest BCUT2D eigenvalue weighted by molar-refractivity contribution is 0.137. The van der Waals surface area contributed by atoms with Crippen LogP contribution in [-0.4, -0.2) is 45.0 Å². The van der Waals surface area contributed by atoms with Crippen molar-refractivity contribution in [1.29, 1.82) is 0 Å². The van der Waals surface area contributed by atoms with Crippen LogP contribution in [0.5, 0.6) is 0 Å². The van der Waals surface area contributed by atoms with Crippen molar-refractivity contribution in [1.82, 2.24) is 25.2 Å². The lowest BCUT2D eigenvalue weighted by Crippen LogP contribution is -2.47. The average molecular weight is 409 g/mol. The summed E-state index contributed by atoms with van der Waals surface area (Å²) in [6.07, 6.45) is 6.89. The normalized spacial score (nSPS) is 17.0. The van der Waals surface area contributed by atoms with Crippen LogP contribution >= 0.6 is 11.3 Å². The van der Waals surface area contributed by atoms with Crippen LogP contribution in [0.4, 0.5) is 10.5 Å². The lowest BCUT2D eigenvalue weighted by Gasteiger charge is -2.35. The van der Waals surface area contributed by atoms with E-state index in [-0.39, 0.29) is 6.03 Å². The highest BCUT2D eigenvalue weighted by molar-refractivity contribution is 7.13. The van der Waals surface area contributed by atoms with Crippen LogP contribution in [0.2, 0.25) is 0 Å². The van der Waals surface area contributed by atoms with Crippen LogP contribution in [0.25, 0.3) is 10.8 Å². The summed E-state index contributed by atoms with van der Waals surface area (Å²) in [6, 6.07) is 11.4. The van der Waals surface area contributed by atoms with Gasteiger partial charge < -0.3 is 10.6 Å². The van der Waals surface area contributed by atoms with Crippen LogP contribution < -0.4 is 10.6 Å². The Morgan fingerprint density at radius 1 is 1.14 bits per heavy atom. The van der Waals surface area contributed by atoms with Gasteiger partial charge in [0.05, 0.1) is 5.69 Å². The molecule has 2 amide bonds. The van der Waals surface area contributed by atoms with Crippen molar-refractivity contribution in [2.45, 2.75) is 31.8 Å². The maximum absolute atomic E-state index is 12.2. The van der Waals surface area contributed by atoms with Gasteiger partial charge in [0.1, 0.15) is 0 Å². The SMILES string of the molecule is O=C(NCC1CCCCN1Cc1csc(-c2ncccn2)n1)Nc1ccccc1. The number of hydrogen-bond donors (Lipinski definition) is 2. The molecule has 1 aliphatic heterocycles. The first-order chi connectivity index (χ1) is 14.3. The first-order valence-corrected chi connectivity index (χ1v) is 10.7. The lowest BCUT2D eigenvalue weighted by atomic mass is 10.0. The fraction of sp³-hybridized carbons (Fsp3) is 0.333. The topological polar surface area (TPSA) is 83.0 Å². The second kappa shape index (κ2) is 9.58. The molecule has 0 radical (unpaired) electrons. The fourth-order valence-electron chi connectivity index (χ4n) is 3.51. The second-order valence-corrected chi connectivity index (χ2v) is 7.90. The summed E-state index contributed by atoms with van der Waals surface area (Å²) in [4.78, 5) is 27.9. The number of rotatable bonds is 6. The van der Waals surface area contributed by atoms with Crippen molar-refractivity contribution in [2.75, 3.05) is 18.4 Å². The third-order valence-electron chi connectivity index (χ3n) is 4.95. The van der Waals surface area contributed by atoms with Gasteiger partial charge in [0.25, 0.3) is 0 Å². The van der Waals surface area contributed by atoms with E-state index in [0.717, 1.165) is 35.9 Å². The number of para-hydroxylation sites is 1. The Bertz CT molecular complexity index is 917. The predicted octanol–water partition coefficient (Wildman–Crippen LogP) is 3.78. The van der Waals surface area contributed by atoms with Crippen LogP contribution in [0.3, 0.4) is 0 Å². The maximum atomic E-state index is 12.2. The van der Waals surface area contributed by atoms with Crippen molar-refractivity contribution >= 4 is 23.1 Å². The van der Waals surface area contributed by atoms with Crippen molar-refractivity contribution in [2.24, 2.45) is 0 Å². The Hall–Kier alpha value is -2.84. The number of hydrogen-bond acceptors (Lipinski definition) is 6. The van der Waals surface area contributed by atoms with E-state index in [1.165, 1.54) is 12.8 Å². The van der Waals surface area contributed by atoms with E-state index in [4.69, 9.17) is 4.98 Å². The molecule has 2 aromatic heterocycles. The highest BCUT2D eigenvalue weighted by atomic mass is 32.1. The van der Waals surface area contributed by atoms with Gasteiger partial charge in [-0.05, 0) is 37.6 Å². The molecule has 29 heavy (non-hydrogen) atoms. The number of likely N-dealkylation sites (tertiary alicyclic amines) is 1. The number of thiazole rings is 1. The molecular formula is C21H24N6OS. The number of piperidine rings is 1. The number of anilines is 1. The standard InChI is InChI=1S/C21H24N6OS/c28-21(26-16-7-2-1-3-8-16)24-13-18-9-4-5-12-27(18)14-17-15-29-20(25-17)19-22-10-6-11-23-19/h1-3,6-8,10-11,15,18H,4-5,9,12-14H2,(H2,24,26,28). The molecule has 8 heteroatoms. The summed E-state index contributed by atoms with van der Waals surface area (Å²) >= 11 is 1.57. The molecule has 1 aliphatic rings. The Labute approximate surface area is 174 Å². The van der Waals surface area contributed by atoms with Gasteiger partial charge in [-0.1, -0.05) is 24.6 Å². The molecule has 0 bridgehead atoms. The van der Waals surface area contributed by atoms with Gasteiger partial charge >= 0.3 is 6.03 Å². The third kappa shape index (κ3) is 5.36. The molecule has 3 aromatic rings. The second-order valence-electron chi connectivity index (χ2n) is 7.04. The highest BCUT2D eigenvalue weighted by Crippen LogP contribution is 2.23. The molecule has 3 heterocycles. The van der Waals surface area contributed by atoms with Crippen molar-refractivity contribution in [3.05, 3.63) is 59.9 Å². The van der Waals surface area contributed by atoms with Gasteiger partial charge in [-0.3, -0.25) is 4.90 Å². The summed E-state index contributed by atoms with van der Waals surface area (Å²) in [5.41, 5.74) is 1.82. The minimum absolute atomic E-state index is 0.168. The van der Waals surface area contributed by atoms with Gasteiger partial charge in [0, 0.05) is 42.6 Å². The van der Waals surface area contributed by atoms with Crippen molar-refractivity contribution in [3.8, 4) is 10.8 Å². The maximum Gasteiger partial charge on any atom is 0.319 e. The van der Waals surface area contributed by atoms with Crippen LogP contribution in [0, 0.1) is 0 Å². The van der Waals surface area contributed by atoms with Gasteiger partial charge in [0.15, 0.2) is 10.8 Å². The Kier molecular flexibility index (Phi) is 6.43. The van der Waals surface area contributed by atoms with E-state index in [9.17, 15) is 4.79 Å². The van der Waals surface area contributed by atoms with E-state index in [1.54, 1.807) is 29.8 Å². The van der Waals surface area contributed by atoms with Crippen LogP contribution in [0.15, 0.2) is 54.2 Å². The number of carbonyl (C=O) groups is 1. The van der Waals surface area contributed by atoms with E-state index >= 15 is 0 Å². The number of nitrogens with zero attached hydrogens (tertiary/aromatic N) is 4. The van der Waals surface area contributed by atoms with Crippen LogP contribution in [0.1, 0.15) is 25.0 Å². The quantitative estimate of drug-likeness (QED) is 0.649. The molecule has 150 valence electrons. The Morgan fingerprint density at radius 2 is 1.97 bits per heavy atom. The van der Waals surface area contributed by atoms with Gasteiger partial charge in [-0.25, -0.2) is 19.7 Å². The fourth-order valence-corrected chi connectivity index (χ4v) is 4.26. The largest absolute Gasteiger partial charge is 0.336 e. The minimum atomic E-state index is -0.168. The summed E-state index contributed by atoms with van der Waals surface area (Å²) in [6.45, 7) is 2.41. The van der Waals surface area contributed by atoms with Gasteiger partial charge in [-0.15, -0.1) is 11.3 Å². The molecule has 7 nitrogen and oxygen atoms in total. The number of aromatic nitrogens is 3. The number of carbonyl (C=O) groups excluding carboxylic acids is 1. The molecule has 1 saturated heterocycles. The molecule has 1 fully saturated rings. The Morgan fingerprint density at radius 3 is 2.79 bits per heavy atom. The third-order valence-corrected chi connectivity index (χ3v) is 5.84. The monoisotopic (exact) mass is 408 g/mol. The van der Waals surface area contributed by atoms with E-state index in [0.29, 0.717) is 18.4 Å². The molecule has 2 N–H and O–H groups in total. The summed E-state index contributed by atoms with van der Waals surface area (Å²) in [5.74, 6) is 0.665. The summed E-state index contributed by atoms with van der Waals surface area (Å²) < 4.78 is 0. The average Bonchev–Trinajstić information content (AvgIpc) is 3.23. The molecule has 1 unspecified atom stereocenters. The molecule has 4 rings (SSSR count). The molecule has 1 atom stereocenters. The number of urea groups is 1. The van der Waals surface area contributed by atoms with Crippen LogP contribution in [-0.2, 0) is 6.54 Å². The summed E-state index contributed by atoms with van der Waals surface area (Å²) in [7, 11) is 0. The summed E-state index contributed by atoms with van der Waals surface area (Å²) in [5, 5.41) is 8.81. The van der Waals surface area contributed by atoms with Crippen molar-refractivity contribution in [3.63, 3.8) is 0 Å². The zero-order valence-corrected chi connectivity index (χ0v) is 16.9. The molecular weight excluding hydrogens is 384 g/mol. The smallest absolute Gasteiger partial charge is 0.319 e. The van der Waals surface area contributed by atoms with E-state index < -0.39 is 0 Å². The van der Waals surface area contributed by atoms with Gasteiger partial charge in [-0.2, -0.15) is 0 Å². The predicted molar refractivity (Wildman–Crippen MR) is 115 cm³/mol. The first-order valence-electron chi connectivity index (χ1n) is 9.84. The molecule has 0 spiro atoms. The molecule has 1 aromatic carbocycles. The minimum Gasteiger partial charge on any atom is -0.336 e. The molecule has 0 aliphatic carbocycles. The number of benzene rings is 1. The van der Waals surface area contributed by atoms with Crippen molar-refractivity contribution < 1.29 is 4.79 Å². The zero-order valence-electron chi connectivity index (χ0n) is 16.1. The number of amides is 2. The highest BCUT2D eigenvalue weighted by Gasteiger charge is 2.24. The van der Waals surface area contributed by atoms with E-state index in [2.05, 4.69) is 30.9 Å². The van der Waals surface area contributed by atoms with Gasteiger partial charge in [0.2, 0.25) is 0 Å². The zero-order chi connectivity index (χ0) is 19.9. The van der Waals surface area contributed by atoms with E-state index in [1.807, 2.05) is 30.3 Å². The first kappa shape index (κ1) is 19.5. The Balaban J connectivity index is 1.33. The molecule has 0 saturated carbocycles.